The van der Waals surface area contributed by atoms with Gasteiger partial charge >= 0.3 is 326 Å². The first kappa shape index (κ1) is 32.6. The molecule has 0 radical (unpaired) electrons. The molecule has 0 saturated heterocycles. The second kappa shape index (κ2) is 12.7. The first-order valence-electron chi connectivity index (χ1n) is 19.4. The van der Waals surface area contributed by atoms with E-state index >= 15 is 0 Å². The van der Waals surface area contributed by atoms with Gasteiger partial charge in [-0.05, 0) is 0 Å². The Morgan fingerprint density at radius 2 is 1.02 bits per heavy atom. The Labute approximate surface area is 336 Å². The second-order valence-corrected chi connectivity index (χ2v) is 23.6. The van der Waals surface area contributed by atoms with Gasteiger partial charge in [0.1, 0.15) is 0 Å². The summed E-state index contributed by atoms with van der Waals surface area (Å²) in [5, 5.41) is 5.06. The molecule has 4 heterocycles. The Bertz CT molecular complexity index is 3310. The van der Waals surface area contributed by atoms with Crippen molar-refractivity contribution in [1.29, 1.82) is 0 Å². The number of rotatable bonds is 5. The van der Waals surface area contributed by atoms with Crippen LogP contribution in [-0.4, -0.2) is 27.8 Å². The first-order chi connectivity index (χ1) is 28.3. The molecule has 57 heavy (non-hydrogen) atoms. The monoisotopic (exact) mass is 805 g/mol. The molecule has 0 saturated carbocycles. The predicted octanol–water partition coefficient (Wildman–Crippen LogP) is 10.6. The molecule has 8 aromatic carbocycles. The van der Waals surface area contributed by atoms with Crippen molar-refractivity contribution in [1.82, 2.24) is 14.5 Å². The van der Waals surface area contributed by atoms with Crippen LogP contribution in [0.25, 0.3) is 81.6 Å². The van der Waals surface area contributed by atoms with Gasteiger partial charge in [-0.15, -0.1) is 0 Å². The van der Waals surface area contributed by atoms with Crippen LogP contribution in [-0.2, 0) is 0 Å². The van der Waals surface area contributed by atoms with E-state index in [1.165, 1.54) is 65.1 Å². The van der Waals surface area contributed by atoms with Crippen LogP contribution < -0.4 is 17.6 Å². The Morgan fingerprint density at radius 3 is 1.79 bits per heavy atom. The van der Waals surface area contributed by atoms with E-state index in [9.17, 15) is 0 Å². The summed E-state index contributed by atoms with van der Waals surface area (Å²) in [7, 11) is 0. The number of hydrogen-bond donors (Lipinski definition) is 0. The van der Waals surface area contributed by atoms with Crippen molar-refractivity contribution in [3.8, 4) is 39.6 Å². The number of thiophene rings is 1. The molecule has 266 valence electrons. The topological polar surface area (TPSA) is 30.7 Å². The molecule has 0 spiro atoms. The van der Waals surface area contributed by atoms with E-state index in [0.717, 1.165) is 34.0 Å². The third-order valence-electron chi connectivity index (χ3n) is 11.9. The van der Waals surface area contributed by atoms with Crippen LogP contribution >= 0.6 is 11.3 Å². The standard InChI is InChI=1S/C52H33GeN3S/c1-4-18-34(19-5-1)48-47-49(41-26-10-14-28-43(41)53(47,35-20-6-2-7-21-35)36-22-8-3-9-23-36)55-52(54-48)42-27-12-16-30-45(42)56-44-29-15-11-24-37(44)39-32-33-40-38-25-13-17-31-46(38)57-51(40)50(39)56/h1-33H. The number of hydrogen-bond acceptors (Lipinski definition) is 3. The average molecular weight is 805 g/mol. The van der Waals surface area contributed by atoms with Gasteiger partial charge in [0.05, 0.1) is 0 Å². The van der Waals surface area contributed by atoms with Crippen molar-refractivity contribution in [3.05, 3.63) is 200 Å². The minimum atomic E-state index is -3.68. The van der Waals surface area contributed by atoms with Crippen LogP contribution in [0.3, 0.4) is 0 Å². The van der Waals surface area contributed by atoms with E-state index in [0.29, 0.717) is 0 Å². The van der Waals surface area contributed by atoms with E-state index in [1.54, 1.807) is 0 Å². The molecule has 1 aliphatic rings. The first-order valence-corrected chi connectivity index (χ1v) is 24.4. The van der Waals surface area contributed by atoms with Gasteiger partial charge in [-0.3, -0.25) is 0 Å². The number of para-hydroxylation sites is 2. The van der Waals surface area contributed by atoms with Gasteiger partial charge in [0.2, 0.25) is 0 Å². The van der Waals surface area contributed by atoms with Crippen molar-refractivity contribution >= 4 is 84.2 Å². The van der Waals surface area contributed by atoms with Crippen LogP contribution in [0.5, 0.6) is 0 Å². The molecule has 12 rings (SSSR count). The van der Waals surface area contributed by atoms with Gasteiger partial charge in [0, 0.05) is 0 Å². The fourth-order valence-electron chi connectivity index (χ4n) is 9.57. The normalized spacial score (nSPS) is 13.1. The molecule has 0 atom stereocenters. The van der Waals surface area contributed by atoms with Gasteiger partial charge in [-0.2, -0.15) is 0 Å². The van der Waals surface area contributed by atoms with Gasteiger partial charge in [-0.25, -0.2) is 0 Å². The Hall–Kier alpha value is -6.60. The molecule has 1 aliphatic heterocycles. The van der Waals surface area contributed by atoms with Gasteiger partial charge in [0.25, 0.3) is 0 Å². The molecular formula is C52H33GeN3S. The van der Waals surface area contributed by atoms with E-state index in [4.69, 9.17) is 9.97 Å². The SMILES string of the molecule is c1ccc(-c2nc(-c3ccccc3-n3c4ccccc4c4ccc5c6ccccc6sc5c43)nc3[c]2[Ge]([c]2ccccc2)([c]2ccccc2)[c]2ccccc2-3)cc1. The van der Waals surface area contributed by atoms with Crippen LogP contribution in [0.1, 0.15) is 0 Å². The van der Waals surface area contributed by atoms with Crippen molar-refractivity contribution < 1.29 is 0 Å². The molecule has 0 unspecified atom stereocenters. The van der Waals surface area contributed by atoms with E-state index in [2.05, 4.69) is 205 Å². The maximum absolute atomic E-state index is 5.77. The molecule has 3 aromatic heterocycles. The summed E-state index contributed by atoms with van der Waals surface area (Å²) < 4.78 is 10.5. The summed E-state index contributed by atoms with van der Waals surface area (Å²) in [6.45, 7) is 0. The van der Waals surface area contributed by atoms with E-state index < -0.39 is 13.3 Å². The average Bonchev–Trinajstić information content (AvgIpc) is 3.94. The summed E-state index contributed by atoms with van der Waals surface area (Å²) in [5.41, 5.74) is 8.84. The Balaban J connectivity index is 1.21. The molecule has 11 aromatic rings. The van der Waals surface area contributed by atoms with Crippen molar-refractivity contribution in [2.24, 2.45) is 0 Å². The van der Waals surface area contributed by atoms with Gasteiger partial charge in [0.15, 0.2) is 0 Å². The summed E-state index contributed by atoms with van der Waals surface area (Å²) >= 11 is -1.80. The number of aromatic nitrogens is 3. The maximum atomic E-state index is 5.77. The van der Waals surface area contributed by atoms with Gasteiger partial charge < -0.3 is 0 Å². The molecular weight excluding hydrogens is 771 g/mol. The number of benzene rings is 8. The van der Waals surface area contributed by atoms with Crippen molar-refractivity contribution in [3.63, 3.8) is 0 Å². The molecule has 5 heteroatoms. The summed E-state index contributed by atoms with van der Waals surface area (Å²) in [6.07, 6.45) is 0. The second-order valence-electron chi connectivity index (χ2n) is 14.8. The molecule has 3 nitrogen and oxygen atoms in total. The van der Waals surface area contributed by atoms with E-state index in [-0.39, 0.29) is 0 Å². The summed E-state index contributed by atoms with van der Waals surface area (Å²) in [5.74, 6) is 0.728. The molecule has 0 aliphatic carbocycles. The zero-order chi connectivity index (χ0) is 37.5. The minimum absolute atomic E-state index is 0.728. The number of fused-ring (bicyclic) bond motifs is 10. The molecule has 0 amide bonds. The van der Waals surface area contributed by atoms with Crippen LogP contribution in [0.2, 0.25) is 0 Å². The third kappa shape index (κ3) is 4.66. The fourth-order valence-corrected chi connectivity index (χ4v) is 21.8. The fraction of sp³-hybridized carbons (Fsp3) is 0. The zero-order valence-electron chi connectivity index (χ0n) is 30.8. The molecule has 0 bridgehead atoms. The van der Waals surface area contributed by atoms with Crippen molar-refractivity contribution in [2.75, 3.05) is 0 Å². The van der Waals surface area contributed by atoms with Crippen LogP contribution in [0.4, 0.5) is 0 Å². The number of nitrogens with zero attached hydrogens (tertiary/aromatic N) is 3. The van der Waals surface area contributed by atoms with Gasteiger partial charge in [-0.1, -0.05) is 12.1 Å². The zero-order valence-corrected chi connectivity index (χ0v) is 33.7. The molecule has 0 N–H and O–H groups in total. The van der Waals surface area contributed by atoms with Crippen molar-refractivity contribution in [2.45, 2.75) is 0 Å². The summed E-state index contributed by atoms with van der Waals surface area (Å²) in [4.78, 5) is 11.5. The third-order valence-corrected chi connectivity index (χ3v) is 23.3. The van der Waals surface area contributed by atoms with Crippen LogP contribution in [0.15, 0.2) is 200 Å². The van der Waals surface area contributed by atoms with E-state index in [1.807, 2.05) is 11.3 Å². The quantitative estimate of drug-likeness (QED) is 0.162. The predicted molar refractivity (Wildman–Crippen MR) is 243 cm³/mol. The molecule has 0 fully saturated rings. The summed E-state index contributed by atoms with van der Waals surface area (Å²) in [6, 6.07) is 73.2. The Morgan fingerprint density at radius 1 is 0.439 bits per heavy atom. The van der Waals surface area contributed by atoms with Crippen LogP contribution in [0, 0.1) is 0 Å². The Kier molecular flexibility index (Phi) is 7.28.